The van der Waals surface area contributed by atoms with E-state index in [2.05, 4.69) is 12.2 Å². The van der Waals surface area contributed by atoms with Crippen molar-refractivity contribution in [2.24, 2.45) is 0 Å². The predicted octanol–water partition coefficient (Wildman–Crippen LogP) is 6.38. The summed E-state index contributed by atoms with van der Waals surface area (Å²) < 4.78 is 16.2. The molecule has 3 rings (SSSR count). The Bertz CT molecular complexity index is 1310. The van der Waals surface area contributed by atoms with Crippen LogP contribution < -0.4 is 9.47 Å². The second-order valence-electron chi connectivity index (χ2n) is 8.87. The molecule has 0 radical (unpaired) electrons. The van der Waals surface area contributed by atoms with Crippen LogP contribution in [0.2, 0.25) is 0 Å². The number of benzene rings is 3. The highest BCUT2D eigenvalue weighted by Crippen LogP contribution is 2.24. The molecule has 1 N–H and O–H groups in total. The molecule has 3 aromatic rings. The Morgan fingerprint density at radius 3 is 2.44 bits per heavy atom. The van der Waals surface area contributed by atoms with E-state index in [9.17, 15) is 19.5 Å². The number of aliphatic carboxylic acids is 1. The first-order valence-electron chi connectivity index (χ1n) is 13.0. The number of carboxylic acid groups (broad SMARTS) is 1. The van der Waals surface area contributed by atoms with Crippen LogP contribution >= 0.6 is 0 Å². The quantitative estimate of drug-likeness (QED) is 0.138. The summed E-state index contributed by atoms with van der Waals surface area (Å²) in [6, 6.07) is 19.3. The lowest BCUT2D eigenvalue weighted by atomic mass is 9.98. The van der Waals surface area contributed by atoms with Crippen LogP contribution in [0.15, 0.2) is 72.8 Å². The molecule has 0 amide bonds. The maximum absolute atomic E-state index is 13.2. The number of allylic oxidation sites excluding steroid dienone is 1. The number of rotatable bonds is 15. The van der Waals surface area contributed by atoms with Gasteiger partial charge in [-0.05, 0) is 86.2 Å². The van der Waals surface area contributed by atoms with Crippen molar-refractivity contribution >= 4 is 23.8 Å². The number of esters is 1. The van der Waals surface area contributed by atoms with Crippen molar-refractivity contribution in [1.82, 2.24) is 0 Å². The predicted molar refractivity (Wildman–Crippen MR) is 150 cm³/mol. The highest BCUT2D eigenvalue weighted by atomic mass is 16.5. The Morgan fingerprint density at radius 1 is 0.897 bits per heavy atom. The van der Waals surface area contributed by atoms with Crippen LogP contribution in [0, 0.1) is 0 Å². The molecule has 7 heteroatoms. The monoisotopic (exact) mass is 530 g/mol. The van der Waals surface area contributed by atoms with Gasteiger partial charge in [0.1, 0.15) is 11.5 Å². The van der Waals surface area contributed by atoms with Gasteiger partial charge in [-0.1, -0.05) is 36.4 Å². The van der Waals surface area contributed by atoms with E-state index in [0.29, 0.717) is 34.6 Å². The minimum atomic E-state index is -0.928. The molecule has 0 saturated heterocycles. The maximum Gasteiger partial charge on any atom is 0.338 e. The SMILES string of the molecule is CCOC(=O)c1cccc(C(=O)c2ccc(OCCCCC=Cc3cccc(OC)c3)c(CCC(=O)O)c2)c1. The van der Waals surface area contributed by atoms with Gasteiger partial charge in [-0.15, -0.1) is 0 Å². The van der Waals surface area contributed by atoms with Gasteiger partial charge in [0, 0.05) is 17.5 Å². The molecule has 7 nitrogen and oxygen atoms in total. The van der Waals surface area contributed by atoms with Gasteiger partial charge in [0.05, 0.1) is 25.9 Å². The van der Waals surface area contributed by atoms with Crippen molar-refractivity contribution in [3.8, 4) is 11.5 Å². The molecule has 0 atom stereocenters. The number of carbonyl (C=O) groups is 3. The second-order valence-corrected chi connectivity index (χ2v) is 8.87. The summed E-state index contributed by atoms with van der Waals surface area (Å²) in [6.07, 6.45) is 6.97. The van der Waals surface area contributed by atoms with Crippen LogP contribution in [-0.4, -0.2) is 43.2 Å². The molecule has 0 unspecified atom stereocenters. The van der Waals surface area contributed by atoms with Gasteiger partial charge in [-0.25, -0.2) is 4.79 Å². The molecule has 0 bridgehead atoms. The second kappa shape index (κ2) is 15.1. The van der Waals surface area contributed by atoms with E-state index in [1.165, 1.54) is 6.07 Å². The third kappa shape index (κ3) is 9.14. The summed E-state index contributed by atoms with van der Waals surface area (Å²) in [6.45, 7) is 2.43. The summed E-state index contributed by atoms with van der Waals surface area (Å²) in [5.74, 6) is -0.300. The van der Waals surface area contributed by atoms with Crippen LogP contribution in [0.4, 0.5) is 0 Å². The van der Waals surface area contributed by atoms with Crippen molar-refractivity contribution in [2.45, 2.75) is 39.0 Å². The molecular weight excluding hydrogens is 496 g/mol. The third-order valence-corrected chi connectivity index (χ3v) is 5.99. The van der Waals surface area contributed by atoms with E-state index in [0.717, 1.165) is 30.6 Å². The Labute approximate surface area is 229 Å². The van der Waals surface area contributed by atoms with Crippen molar-refractivity contribution in [3.63, 3.8) is 0 Å². The standard InChI is InChI=1S/C32H34O7/c1-3-38-32(36)27-13-9-12-25(22-27)31(35)26-15-17-29(24(21-26)16-18-30(33)34)39-19-7-5-4-6-10-23-11-8-14-28(20-23)37-2/h6,8-15,17,20-22H,3-5,7,16,18-19H2,1-2H3,(H,33,34). The summed E-state index contributed by atoms with van der Waals surface area (Å²) in [5.41, 5.74) is 2.78. The maximum atomic E-state index is 13.2. The van der Waals surface area contributed by atoms with Gasteiger partial charge in [0.2, 0.25) is 0 Å². The van der Waals surface area contributed by atoms with Crippen molar-refractivity contribution in [1.29, 1.82) is 0 Å². The molecule has 0 aliphatic carbocycles. The Balaban J connectivity index is 1.61. The lowest BCUT2D eigenvalue weighted by molar-refractivity contribution is -0.136. The number of ketones is 1. The molecule has 0 spiro atoms. The van der Waals surface area contributed by atoms with E-state index in [1.54, 1.807) is 50.4 Å². The van der Waals surface area contributed by atoms with Crippen molar-refractivity contribution in [2.75, 3.05) is 20.3 Å². The number of carbonyl (C=O) groups excluding carboxylic acids is 2. The largest absolute Gasteiger partial charge is 0.497 e. The molecule has 0 aliphatic rings. The fourth-order valence-corrected chi connectivity index (χ4v) is 3.98. The summed E-state index contributed by atoms with van der Waals surface area (Å²) in [4.78, 5) is 36.4. The van der Waals surface area contributed by atoms with E-state index in [1.807, 2.05) is 24.3 Å². The topological polar surface area (TPSA) is 99.1 Å². The van der Waals surface area contributed by atoms with Crippen LogP contribution in [0.3, 0.4) is 0 Å². The minimum Gasteiger partial charge on any atom is -0.497 e. The zero-order valence-electron chi connectivity index (χ0n) is 22.4. The fraction of sp³-hybridized carbons (Fsp3) is 0.281. The number of aryl methyl sites for hydroxylation is 1. The van der Waals surface area contributed by atoms with Gasteiger partial charge in [-0.3, -0.25) is 9.59 Å². The zero-order valence-corrected chi connectivity index (χ0v) is 22.4. The molecule has 0 saturated carbocycles. The van der Waals surface area contributed by atoms with Gasteiger partial charge in [0.25, 0.3) is 0 Å². The van der Waals surface area contributed by atoms with E-state index in [-0.39, 0.29) is 25.2 Å². The molecule has 39 heavy (non-hydrogen) atoms. The fourth-order valence-electron chi connectivity index (χ4n) is 3.98. The van der Waals surface area contributed by atoms with Crippen LogP contribution in [0.5, 0.6) is 11.5 Å². The summed E-state index contributed by atoms with van der Waals surface area (Å²) >= 11 is 0. The summed E-state index contributed by atoms with van der Waals surface area (Å²) in [5, 5.41) is 9.19. The van der Waals surface area contributed by atoms with Gasteiger partial charge < -0.3 is 19.3 Å². The first-order valence-corrected chi connectivity index (χ1v) is 13.0. The van der Waals surface area contributed by atoms with Crippen molar-refractivity contribution in [3.05, 3.63) is 101 Å². The van der Waals surface area contributed by atoms with Gasteiger partial charge >= 0.3 is 11.9 Å². The zero-order chi connectivity index (χ0) is 28.0. The molecule has 0 aliphatic heterocycles. The number of hydrogen-bond acceptors (Lipinski definition) is 6. The summed E-state index contributed by atoms with van der Waals surface area (Å²) in [7, 11) is 1.65. The molecular formula is C32H34O7. The smallest absolute Gasteiger partial charge is 0.338 e. The molecule has 204 valence electrons. The average Bonchev–Trinajstić information content (AvgIpc) is 2.95. The molecule has 3 aromatic carbocycles. The number of unbranched alkanes of at least 4 members (excludes halogenated alkanes) is 2. The Morgan fingerprint density at radius 2 is 1.67 bits per heavy atom. The molecule has 0 aromatic heterocycles. The first kappa shape index (κ1) is 29.2. The lowest BCUT2D eigenvalue weighted by Gasteiger charge is -2.13. The van der Waals surface area contributed by atoms with E-state index < -0.39 is 11.9 Å². The van der Waals surface area contributed by atoms with E-state index >= 15 is 0 Å². The lowest BCUT2D eigenvalue weighted by Crippen LogP contribution is -2.09. The highest BCUT2D eigenvalue weighted by Gasteiger charge is 2.16. The Kier molecular flexibility index (Phi) is 11.3. The van der Waals surface area contributed by atoms with E-state index in [4.69, 9.17) is 14.2 Å². The minimum absolute atomic E-state index is 0.0819. The van der Waals surface area contributed by atoms with Crippen molar-refractivity contribution < 1.29 is 33.7 Å². The highest BCUT2D eigenvalue weighted by molar-refractivity contribution is 6.10. The number of ether oxygens (including phenoxy) is 3. The number of carboxylic acids is 1. The van der Waals surface area contributed by atoms with Crippen LogP contribution in [-0.2, 0) is 16.0 Å². The first-order chi connectivity index (χ1) is 18.9. The van der Waals surface area contributed by atoms with Crippen LogP contribution in [0.1, 0.15) is 70.0 Å². The normalized spacial score (nSPS) is 10.8. The van der Waals surface area contributed by atoms with Gasteiger partial charge in [-0.2, -0.15) is 0 Å². The Hall–Kier alpha value is -4.39. The number of methoxy groups -OCH3 is 1. The number of hydrogen-bond donors (Lipinski definition) is 1. The molecule has 0 fully saturated rings. The molecule has 0 heterocycles. The average molecular weight is 531 g/mol. The van der Waals surface area contributed by atoms with Crippen LogP contribution in [0.25, 0.3) is 6.08 Å². The third-order valence-electron chi connectivity index (χ3n) is 5.99. The van der Waals surface area contributed by atoms with Gasteiger partial charge in [0.15, 0.2) is 5.78 Å².